The minimum absolute atomic E-state index is 0.156. The number of aromatic nitrogens is 3. The van der Waals surface area contributed by atoms with Gasteiger partial charge in [-0.15, -0.1) is 10.2 Å². The predicted molar refractivity (Wildman–Crippen MR) is 79.2 cm³/mol. The largest absolute Gasteiger partial charge is 0.335 e. The molecule has 0 unspecified atom stereocenters. The van der Waals surface area contributed by atoms with E-state index >= 15 is 0 Å². The van der Waals surface area contributed by atoms with E-state index in [-0.39, 0.29) is 5.91 Å². The monoisotopic (exact) mass is 303 g/mol. The van der Waals surface area contributed by atoms with Crippen molar-refractivity contribution in [1.29, 1.82) is 0 Å². The molecule has 0 aliphatic carbocycles. The number of aryl methyl sites for hydroxylation is 1. The Morgan fingerprint density at radius 1 is 1.33 bits per heavy atom. The summed E-state index contributed by atoms with van der Waals surface area (Å²) in [7, 11) is 0. The first-order valence-electron chi connectivity index (χ1n) is 7.16. The summed E-state index contributed by atoms with van der Waals surface area (Å²) in [5.74, 6) is 2.19. The summed E-state index contributed by atoms with van der Waals surface area (Å²) in [6, 6.07) is 2.35. The molecule has 110 valence electrons. The molecule has 2 aliphatic heterocycles. The number of carbonyl (C=O) groups is 1. The van der Waals surface area contributed by atoms with Gasteiger partial charge in [0.05, 0.1) is 12.1 Å². The Labute approximate surface area is 127 Å². The van der Waals surface area contributed by atoms with Crippen LogP contribution in [0.5, 0.6) is 0 Å². The molecule has 4 rings (SSSR count). The van der Waals surface area contributed by atoms with Crippen molar-refractivity contribution in [2.24, 2.45) is 0 Å². The highest BCUT2D eigenvalue weighted by Gasteiger charge is 2.37. The van der Waals surface area contributed by atoms with Crippen molar-refractivity contribution in [2.45, 2.75) is 26.1 Å². The Hall–Kier alpha value is -1.73. The van der Waals surface area contributed by atoms with E-state index in [0.29, 0.717) is 6.04 Å². The number of carbonyl (C=O) groups excluding carboxylic acids is 1. The van der Waals surface area contributed by atoms with Crippen LogP contribution in [-0.4, -0.2) is 56.1 Å². The molecule has 0 radical (unpaired) electrons. The van der Waals surface area contributed by atoms with Gasteiger partial charge in [0, 0.05) is 37.6 Å². The number of hydrogen-bond donors (Lipinski definition) is 0. The topological polar surface area (TPSA) is 54.3 Å². The van der Waals surface area contributed by atoms with Gasteiger partial charge in [0.25, 0.3) is 5.91 Å². The lowest BCUT2D eigenvalue weighted by atomic mass is 10.0. The smallest absolute Gasteiger partial charge is 0.254 e. The Morgan fingerprint density at radius 2 is 2.19 bits per heavy atom. The van der Waals surface area contributed by atoms with E-state index in [1.807, 2.05) is 28.7 Å². The molecule has 2 aromatic rings. The van der Waals surface area contributed by atoms with Gasteiger partial charge in [-0.2, -0.15) is 11.3 Å². The molecule has 2 aromatic heterocycles. The number of fused-ring (bicyclic) bond motifs is 1. The van der Waals surface area contributed by atoms with Gasteiger partial charge in [0.15, 0.2) is 0 Å². The number of rotatable bonds is 2. The molecule has 1 saturated heterocycles. The average molecular weight is 303 g/mol. The van der Waals surface area contributed by atoms with Crippen molar-refractivity contribution >= 4 is 17.2 Å². The normalized spacial score (nSPS) is 19.4. The predicted octanol–water partition coefficient (Wildman–Crippen LogP) is 0.988. The van der Waals surface area contributed by atoms with E-state index in [9.17, 15) is 4.79 Å². The summed E-state index contributed by atoms with van der Waals surface area (Å²) in [6.07, 6.45) is 0. The summed E-state index contributed by atoms with van der Waals surface area (Å²) < 4.78 is 2.18. The maximum Gasteiger partial charge on any atom is 0.254 e. The molecule has 7 heteroatoms. The first-order chi connectivity index (χ1) is 10.2. The highest BCUT2D eigenvalue weighted by molar-refractivity contribution is 7.08. The molecule has 0 atom stereocenters. The third-order valence-electron chi connectivity index (χ3n) is 4.40. The van der Waals surface area contributed by atoms with Crippen LogP contribution in [0, 0.1) is 6.92 Å². The number of likely N-dealkylation sites (tertiary alicyclic amines) is 1. The van der Waals surface area contributed by atoms with Crippen molar-refractivity contribution in [3.8, 4) is 0 Å². The lowest BCUT2D eigenvalue weighted by molar-refractivity contribution is 0.0167. The standard InChI is InChI=1S/C14H17N5OS/c1-10-15-16-13-8-17(3-4-19(10)13)12-6-18(7-12)14(20)11-2-5-21-9-11/h2,5,9,12H,3-4,6-8H2,1H3. The van der Waals surface area contributed by atoms with Gasteiger partial charge in [0.2, 0.25) is 0 Å². The molecule has 4 heterocycles. The minimum atomic E-state index is 0.156. The van der Waals surface area contributed by atoms with E-state index in [1.54, 1.807) is 11.3 Å². The third-order valence-corrected chi connectivity index (χ3v) is 5.08. The first-order valence-corrected chi connectivity index (χ1v) is 8.11. The quantitative estimate of drug-likeness (QED) is 0.830. The fourth-order valence-corrected chi connectivity index (χ4v) is 3.68. The van der Waals surface area contributed by atoms with Gasteiger partial charge in [-0.25, -0.2) is 0 Å². The summed E-state index contributed by atoms with van der Waals surface area (Å²) in [4.78, 5) is 16.6. The molecular formula is C14H17N5OS. The molecule has 1 fully saturated rings. The summed E-state index contributed by atoms with van der Waals surface area (Å²) in [5, 5.41) is 12.2. The Balaban J connectivity index is 1.37. The first kappa shape index (κ1) is 13.0. The van der Waals surface area contributed by atoms with Crippen LogP contribution in [0.4, 0.5) is 0 Å². The third kappa shape index (κ3) is 2.16. The SMILES string of the molecule is Cc1nnc2n1CCN(C1CN(C(=O)c3ccsc3)C1)C2. The molecule has 0 saturated carbocycles. The lowest BCUT2D eigenvalue weighted by Gasteiger charge is -2.46. The van der Waals surface area contributed by atoms with Crippen LogP contribution in [0.2, 0.25) is 0 Å². The maximum absolute atomic E-state index is 12.2. The number of hydrogen-bond acceptors (Lipinski definition) is 5. The molecule has 6 nitrogen and oxygen atoms in total. The molecule has 21 heavy (non-hydrogen) atoms. The lowest BCUT2D eigenvalue weighted by Crippen LogP contribution is -2.62. The molecule has 1 amide bonds. The second-order valence-electron chi connectivity index (χ2n) is 5.66. The van der Waals surface area contributed by atoms with Crippen LogP contribution in [0.1, 0.15) is 22.0 Å². The molecule has 0 spiro atoms. The van der Waals surface area contributed by atoms with Crippen LogP contribution < -0.4 is 0 Å². The summed E-state index contributed by atoms with van der Waals surface area (Å²) >= 11 is 1.57. The number of amides is 1. The van der Waals surface area contributed by atoms with Gasteiger partial charge in [-0.05, 0) is 18.4 Å². The zero-order valence-electron chi connectivity index (χ0n) is 11.9. The van der Waals surface area contributed by atoms with E-state index in [1.165, 1.54) is 0 Å². The van der Waals surface area contributed by atoms with E-state index in [0.717, 1.165) is 49.9 Å². The second kappa shape index (κ2) is 4.92. The van der Waals surface area contributed by atoms with Crippen LogP contribution in [0.3, 0.4) is 0 Å². The van der Waals surface area contributed by atoms with Crippen molar-refractivity contribution in [3.05, 3.63) is 34.0 Å². The van der Waals surface area contributed by atoms with Gasteiger partial charge >= 0.3 is 0 Å². The molecule has 0 N–H and O–H groups in total. The van der Waals surface area contributed by atoms with Crippen molar-refractivity contribution in [1.82, 2.24) is 24.6 Å². The maximum atomic E-state index is 12.2. The summed E-state index contributed by atoms with van der Waals surface area (Å²) in [6.45, 7) is 6.44. The van der Waals surface area contributed by atoms with Crippen LogP contribution in [0.15, 0.2) is 16.8 Å². The van der Waals surface area contributed by atoms with Gasteiger partial charge < -0.3 is 9.47 Å². The Bertz CT molecular complexity index is 659. The molecule has 0 bridgehead atoms. The fraction of sp³-hybridized carbons (Fsp3) is 0.500. The van der Waals surface area contributed by atoms with Crippen LogP contribution >= 0.6 is 11.3 Å². The van der Waals surface area contributed by atoms with E-state index in [4.69, 9.17) is 0 Å². The second-order valence-corrected chi connectivity index (χ2v) is 6.44. The Morgan fingerprint density at radius 3 is 2.95 bits per heavy atom. The Kier molecular flexibility index (Phi) is 3.04. The van der Waals surface area contributed by atoms with Crippen LogP contribution in [-0.2, 0) is 13.1 Å². The van der Waals surface area contributed by atoms with E-state index in [2.05, 4.69) is 19.7 Å². The number of nitrogens with zero attached hydrogens (tertiary/aromatic N) is 5. The van der Waals surface area contributed by atoms with Crippen molar-refractivity contribution in [3.63, 3.8) is 0 Å². The highest BCUT2D eigenvalue weighted by Crippen LogP contribution is 2.23. The van der Waals surface area contributed by atoms with Gasteiger partial charge in [-0.3, -0.25) is 9.69 Å². The van der Waals surface area contributed by atoms with Crippen molar-refractivity contribution < 1.29 is 4.79 Å². The van der Waals surface area contributed by atoms with Gasteiger partial charge in [-0.1, -0.05) is 0 Å². The molecule has 0 aromatic carbocycles. The van der Waals surface area contributed by atoms with Crippen molar-refractivity contribution in [2.75, 3.05) is 19.6 Å². The summed E-state index contributed by atoms with van der Waals surface area (Å²) in [5.41, 5.74) is 0.812. The molecule has 2 aliphatic rings. The van der Waals surface area contributed by atoms with Crippen LogP contribution in [0.25, 0.3) is 0 Å². The average Bonchev–Trinajstić information content (AvgIpc) is 3.07. The number of thiophene rings is 1. The fourth-order valence-electron chi connectivity index (χ4n) is 3.05. The zero-order valence-corrected chi connectivity index (χ0v) is 12.7. The minimum Gasteiger partial charge on any atom is -0.335 e. The molecular weight excluding hydrogens is 286 g/mol. The zero-order chi connectivity index (χ0) is 14.4. The highest BCUT2D eigenvalue weighted by atomic mass is 32.1. The van der Waals surface area contributed by atoms with E-state index < -0.39 is 0 Å². The van der Waals surface area contributed by atoms with Gasteiger partial charge in [0.1, 0.15) is 11.6 Å².